The fourth-order valence-corrected chi connectivity index (χ4v) is 6.22. The van der Waals surface area contributed by atoms with Crippen molar-refractivity contribution in [1.29, 1.82) is 5.26 Å². The van der Waals surface area contributed by atoms with Gasteiger partial charge in [-0.05, 0) is 45.0 Å². The lowest BCUT2D eigenvalue weighted by molar-refractivity contribution is -0.119. The number of benzene rings is 3. The van der Waals surface area contributed by atoms with Crippen LogP contribution < -0.4 is 5.73 Å². The van der Waals surface area contributed by atoms with Gasteiger partial charge in [-0.25, -0.2) is 5.01 Å². The molecule has 1 unspecified atom stereocenters. The lowest BCUT2D eigenvalue weighted by Gasteiger charge is -2.48. The summed E-state index contributed by atoms with van der Waals surface area (Å²) in [5.74, 6) is 0.00864. The van der Waals surface area contributed by atoms with Crippen molar-refractivity contribution < 1.29 is 9.53 Å². The Morgan fingerprint density at radius 1 is 1.00 bits per heavy atom. The zero-order valence-electron chi connectivity index (χ0n) is 20.8. The maximum Gasteiger partial charge on any atom is 0.162 e. The minimum Gasteiger partial charge on any atom is -0.383 e. The van der Waals surface area contributed by atoms with Crippen molar-refractivity contribution in [2.24, 2.45) is 11.1 Å². The summed E-state index contributed by atoms with van der Waals surface area (Å²) in [4.78, 5) is 14.0. The summed E-state index contributed by atoms with van der Waals surface area (Å²) in [6.45, 7) is 6.76. The van der Waals surface area contributed by atoms with Crippen LogP contribution in [0.25, 0.3) is 21.5 Å². The predicted octanol–water partition coefficient (Wildman–Crippen LogP) is 4.98. The number of nitrogens with two attached hydrogens (primary N) is 1. The molecule has 0 spiro atoms. The zero-order valence-corrected chi connectivity index (χ0v) is 20.8. The molecule has 3 aliphatic rings. The summed E-state index contributed by atoms with van der Waals surface area (Å²) in [6, 6.07) is 21.1. The largest absolute Gasteiger partial charge is 0.383 e. The summed E-state index contributed by atoms with van der Waals surface area (Å²) in [5.41, 5.74) is 9.75. The molecule has 1 saturated heterocycles. The Bertz CT molecular complexity index is 1450. The highest BCUT2D eigenvalue weighted by atomic mass is 16.5. The van der Waals surface area contributed by atoms with Gasteiger partial charge >= 0.3 is 0 Å². The third-order valence-electron chi connectivity index (χ3n) is 7.73. The molecule has 2 heterocycles. The van der Waals surface area contributed by atoms with Gasteiger partial charge in [-0.1, -0.05) is 62.4 Å². The number of Topliss-reactive ketones (excluding diaryl/α,β-unsaturated/α-hetero) is 1. The number of carbonyl (C=O) groups is 1. The first-order chi connectivity index (χ1) is 17.4. The zero-order chi connectivity index (χ0) is 25.0. The van der Waals surface area contributed by atoms with E-state index in [-0.39, 0.29) is 11.2 Å². The van der Waals surface area contributed by atoms with Crippen molar-refractivity contribution >= 4 is 27.3 Å². The molecular formula is C30H30N4O2. The van der Waals surface area contributed by atoms with E-state index in [1.165, 1.54) is 0 Å². The summed E-state index contributed by atoms with van der Waals surface area (Å²) >= 11 is 0. The van der Waals surface area contributed by atoms with Crippen LogP contribution in [0.3, 0.4) is 0 Å². The fourth-order valence-electron chi connectivity index (χ4n) is 6.22. The molecule has 0 radical (unpaired) electrons. The molecule has 0 amide bonds. The minimum atomic E-state index is -0.512. The molecule has 1 atom stereocenters. The average Bonchev–Trinajstić information content (AvgIpc) is 2.86. The first kappa shape index (κ1) is 22.8. The molecule has 1 fully saturated rings. The minimum absolute atomic E-state index is 0.0989. The lowest BCUT2D eigenvalue weighted by atomic mass is 9.68. The first-order valence-corrected chi connectivity index (χ1v) is 12.6. The van der Waals surface area contributed by atoms with Gasteiger partial charge < -0.3 is 10.5 Å². The highest BCUT2D eigenvalue weighted by Gasteiger charge is 2.46. The van der Waals surface area contributed by atoms with E-state index in [0.29, 0.717) is 56.1 Å². The quantitative estimate of drug-likeness (QED) is 0.524. The molecule has 0 bridgehead atoms. The van der Waals surface area contributed by atoms with E-state index in [2.05, 4.69) is 55.3 Å². The van der Waals surface area contributed by atoms with Crippen molar-refractivity contribution in [3.63, 3.8) is 0 Å². The van der Waals surface area contributed by atoms with Crippen molar-refractivity contribution in [1.82, 2.24) is 10.0 Å². The van der Waals surface area contributed by atoms with E-state index in [0.717, 1.165) is 32.8 Å². The van der Waals surface area contributed by atoms with Gasteiger partial charge in [0.15, 0.2) is 5.78 Å². The maximum atomic E-state index is 14.0. The number of hydrogen-bond donors (Lipinski definition) is 1. The van der Waals surface area contributed by atoms with Gasteiger partial charge in [0.1, 0.15) is 5.82 Å². The van der Waals surface area contributed by atoms with Crippen molar-refractivity contribution in [2.45, 2.75) is 32.6 Å². The molecule has 3 aromatic carbocycles. The Balaban J connectivity index is 1.69. The van der Waals surface area contributed by atoms with E-state index in [1.54, 1.807) is 0 Å². The monoisotopic (exact) mass is 478 g/mol. The third-order valence-corrected chi connectivity index (χ3v) is 7.73. The standard InChI is InChI=1S/C30H30N4O2/c1-30(2)16-24-28(25(35)17-30)27(23(18-31)29(32)34(24)33-11-13-36-14-12-33)26-21-9-5-3-7-19(21)15-20-8-4-6-10-22(20)26/h3-10,15,27H,11-14,16-17,32H2,1-2H3. The molecule has 6 heteroatoms. The Morgan fingerprint density at radius 3 is 2.22 bits per heavy atom. The molecule has 2 N–H and O–H groups in total. The van der Waals surface area contributed by atoms with Gasteiger partial charge in [0.2, 0.25) is 0 Å². The Labute approximate surface area is 211 Å². The molecule has 182 valence electrons. The normalized spacial score (nSPS) is 22.8. The SMILES string of the molecule is CC1(C)CC(=O)C2=C(C1)N(N1CCOCC1)C(N)=C(C#N)C2c1c2ccccc2cc2ccccc12. The van der Waals surface area contributed by atoms with Crippen molar-refractivity contribution in [3.8, 4) is 6.07 Å². The second-order valence-electron chi connectivity index (χ2n) is 10.8. The molecule has 2 aliphatic heterocycles. The summed E-state index contributed by atoms with van der Waals surface area (Å²) in [5, 5.41) is 18.9. The highest BCUT2D eigenvalue weighted by molar-refractivity contribution is 6.07. The summed E-state index contributed by atoms with van der Waals surface area (Å²) < 4.78 is 5.59. The molecule has 3 aromatic rings. The second-order valence-corrected chi connectivity index (χ2v) is 10.8. The van der Waals surface area contributed by atoms with Crippen LogP contribution in [0.2, 0.25) is 0 Å². The number of ether oxygens (including phenoxy) is 1. The predicted molar refractivity (Wildman–Crippen MR) is 140 cm³/mol. The number of hydrogen-bond acceptors (Lipinski definition) is 6. The Kier molecular flexibility index (Phi) is 5.36. The van der Waals surface area contributed by atoms with Crippen LogP contribution in [0, 0.1) is 16.7 Å². The first-order valence-electron chi connectivity index (χ1n) is 12.6. The van der Waals surface area contributed by atoms with Crippen LogP contribution in [0.15, 0.2) is 77.3 Å². The third kappa shape index (κ3) is 3.50. The van der Waals surface area contributed by atoms with Crippen LogP contribution in [-0.2, 0) is 9.53 Å². The van der Waals surface area contributed by atoms with Crippen LogP contribution in [0.4, 0.5) is 0 Å². The number of allylic oxidation sites excluding steroid dienone is 3. The molecular weight excluding hydrogens is 448 g/mol. The van der Waals surface area contributed by atoms with Gasteiger partial charge in [0.25, 0.3) is 0 Å². The van der Waals surface area contributed by atoms with Gasteiger partial charge in [0.05, 0.1) is 30.8 Å². The Hall–Kier alpha value is -3.66. The fraction of sp³-hybridized carbons (Fsp3) is 0.333. The van der Waals surface area contributed by atoms with Gasteiger partial charge in [-0.3, -0.25) is 9.80 Å². The smallest absolute Gasteiger partial charge is 0.162 e. The van der Waals surface area contributed by atoms with Crippen molar-refractivity contribution in [2.75, 3.05) is 26.3 Å². The molecule has 0 aromatic heterocycles. The van der Waals surface area contributed by atoms with E-state index >= 15 is 0 Å². The van der Waals surface area contributed by atoms with E-state index < -0.39 is 5.92 Å². The molecule has 1 aliphatic carbocycles. The summed E-state index contributed by atoms with van der Waals surface area (Å²) in [6.07, 6.45) is 1.16. The van der Waals surface area contributed by atoms with Crippen LogP contribution in [0.5, 0.6) is 0 Å². The number of nitriles is 1. The second kappa shape index (κ2) is 8.48. The number of fused-ring (bicyclic) bond motifs is 2. The van der Waals surface area contributed by atoms with Gasteiger partial charge in [0, 0.05) is 30.8 Å². The molecule has 36 heavy (non-hydrogen) atoms. The van der Waals surface area contributed by atoms with E-state index in [1.807, 2.05) is 29.3 Å². The maximum absolute atomic E-state index is 14.0. The van der Waals surface area contributed by atoms with Crippen LogP contribution >= 0.6 is 0 Å². The molecule has 0 saturated carbocycles. The number of ketones is 1. The van der Waals surface area contributed by atoms with Gasteiger partial charge in [-0.15, -0.1) is 0 Å². The van der Waals surface area contributed by atoms with E-state index in [9.17, 15) is 10.1 Å². The topological polar surface area (TPSA) is 82.6 Å². The Morgan fingerprint density at radius 2 is 1.61 bits per heavy atom. The number of rotatable bonds is 2. The molecule has 6 nitrogen and oxygen atoms in total. The van der Waals surface area contributed by atoms with Crippen molar-refractivity contribution in [3.05, 3.63) is 82.8 Å². The number of morpholine rings is 1. The summed E-state index contributed by atoms with van der Waals surface area (Å²) in [7, 11) is 0. The van der Waals surface area contributed by atoms with E-state index in [4.69, 9.17) is 10.5 Å². The molecule has 6 rings (SSSR count). The van der Waals surface area contributed by atoms with Crippen LogP contribution in [-0.4, -0.2) is 42.1 Å². The average molecular weight is 479 g/mol. The number of carbonyl (C=O) groups excluding carboxylic acids is 1. The van der Waals surface area contributed by atoms with Crippen LogP contribution in [0.1, 0.15) is 38.2 Å². The number of hydrazine groups is 1. The highest BCUT2D eigenvalue weighted by Crippen LogP contribution is 2.51. The van der Waals surface area contributed by atoms with Gasteiger partial charge in [-0.2, -0.15) is 5.26 Å². The lowest BCUT2D eigenvalue weighted by Crippen LogP contribution is -2.53. The number of nitrogens with zero attached hydrogens (tertiary/aromatic N) is 3.